The van der Waals surface area contributed by atoms with Gasteiger partial charge >= 0.3 is 0 Å². The highest BCUT2D eigenvalue weighted by Crippen LogP contribution is 2.04. The number of hydrazine groups is 1. The van der Waals surface area contributed by atoms with Crippen LogP contribution < -0.4 is 11.3 Å². The summed E-state index contributed by atoms with van der Waals surface area (Å²) in [7, 11) is 3.54. The molecule has 0 aliphatic heterocycles. The van der Waals surface area contributed by atoms with E-state index in [1.165, 1.54) is 0 Å². The van der Waals surface area contributed by atoms with Gasteiger partial charge in [0, 0.05) is 14.2 Å². The largest absolute Gasteiger partial charge is 0.467 e. The zero-order valence-electron chi connectivity index (χ0n) is 10.5. The van der Waals surface area contributed by atoms with E-state index >= 15 is 0 Å². The quantitative estimate of drug-likeness (QED) is 0.340. The fourth-order valence-corrected chi connectivity index (χ4v) is 1.44. The second-order valence-electron chi connectivity index (χ2n) is 3.84. The first-order valence-corrected chi connectivity index (χ1v) is 5.44. The Kier molecular flexibility index (Phi) is 5.51. The number of furan rings is 1. The Morgan fingerprint density at radius 1 is 1.71 bits per heavy atom. The average Bonchev–Trinajstić information content (AvgIpc) is 2.78. The number of methoxy groups -OCH3 is 1. The van der Waals surface area contributed by atoms with Gasteiger partial charge in [-0.05, 0) is 19.1 Å². The molecule has 0 amide bonds. The van der Waals surface area contributed by atoms with Gasteiger partial charge in [0.05, 0.1) is 25.5 Å². The number of ether oxygens (including phenoxy) is 1. The number of nitrogens with two attached hydrogens (primary N) is 1. The minimum absolute atomic E-state index is 0.0464. The van der Waals surface area contributed by atoms with E-state index in [9.17, 15) is 0 Å². The van der Waals surface area contributed by atoms with Crippen molar-refractivity contribution in [1.29, 1.82) is 0 Å². The third-order valence-corrected chi connectivity index (χ3v) is 2.21. The molecule has 17 heavy (non-hydrogen) atoms. The second kappa shape index (κ2) is 6.93. The molecule has 0 saturated heterocycles. The molecule has 6 nitrogen and oxygen atoms in total. The normalized spacial score (nSPS) is 13.5. The molecule has 1 atom stereocenters. The van der Waals surface area contributed by atoms with Crippen LogP contribution in [0.4, 0.5) is 0 Å². The van der Waals surface area contributed by atoms with E-state index in [-0.39, 0.29) is 6.04 Å². The minimum Gasteiger partial charge on any atom is -0.467 e. The van der Waals surface area contributed by atoms with Crippen molar-refractivity contribution in [1.82, 2.24) is 10.3 Å². The third-order valence-electron chi connectivity index (χ3n) is 2.21. The van der Waals surface area contributed by atoms with Crippen molar-refractivity contribution >= 4 is 5.96 Å². The molecule has 0 saturated carbocycles. The summed E-state index contributed by atoms with van der Waals surface area (Å²) in [6.07, 6.45) is 1.64. The Balaban J connectivity index is 2.60. The van der Waals surface area contributed by atoms with Crippen LogP contribution in [-0.4, -0.2) is 37.7 Å². The summed E-state index contributed by atoms with van der Waals surface area (Å²) in [6, 6.07) is 3.80. The van der Waals surface area contributed by atoms with Crippen LogP contribution in [0.25, 0.3) is 0 Å². The predicted octanol–water partition coefficient (Wildman–Crippen LogP) is 0.566. The second-order valence-corrected chi connectivity index (χ2v) is 3.84. The maximum Gasteiger partial charge on any atom is 0.208 e. The maximum atomic E-state index is 5.45. The number of rotatable bonds is 5. The number of hydrogen-bond acceptors (Lipinski definition) is 4. The van der Waals surface area contributed by atoms with Crippen LogP contribution in [0.2, 0.25) is 0 Å². The molecule has 1 rings (SSSR count). The lowest BCUT2D eigenvalue weighted by molar-refractivity contribution is 0.185. The van der Waals surface area contributed by atoms with E-state index in [0.29, 0.717) is 19.1 Å². The molecular weight excluding hydrogens is 220 g/mol. The van der Waals surface area contributed by atoms with Gasteiger partial charge in [-0.25, -0.2) is 10.8 Å². The van der Waals surface area contributed by atoms with Crippen LogP contribution in [0.15, 0.2) is 27.8 Å². The first-order chi connectivity index (χ1) is 8.17. The summed E-state index contributed by atoms with van der Waals surface area (Å²) in [6.45, 7) is 3.12. The molecule has 0 spiro atoms. The van der Waals surface area contributed by atoms with Crippen molar-refractivity contribution in [2.45, 2.75) is 19.5 Å². The Morgan fingerprint density at radius 2 is 2.47 bits per heavy atom. The van der Waals surface area contributed by atoms with Gasteiger partial charge in [-0.3, -0.25) is 5.43 Å². The molecular formula is C11H20N4O2. The molecule has 1 heterocycles. The molecule has 1 aromatic rings. The molecule has 1 aromatic heterocycles. The first-order valence-electron chi connectivity index (χ1n) is 5.44. The first kappa shape index (κ1) is 13.5. The highest BCUT2D eigenvalue weighted by atomic mass is 16.5. The highest BCUT2D eigenvalue weighted by molar-refractivity contribution is 5.79. The Bertz CT molecular complexity index is 337. The van der Waals surface area contributed by atoms with Gasteiger partial charge in [0.25, 0.3) is 0 Å². The van der Waals surface area contributed by atoms with Crippen LogP contribution >= 0.6 is 0 Å². The SMILES string of the molecule is COCC(C)N=C(NN)N(C)Cc1ccco1. The molecule has 1 unspecified atom stereocenters. The summed E-state index contributed by atoms with van der Waals surface area (Å²) in [5.74, 6) is 6.91. The van der Waals surface area contributed by atoms with E-state index in [4.69, 9.17) is 15.0 Å². The number of nitrogens with one attached hydrogen (secondary N) is 1. The van der Waals surface area contributed by atoms with E-state index in [0.717, 1.165) is 5.76 Å². The zero-order valence-corrected chi connectivity index (χ0v) is 10.5. The molecule has 0 aromatic carbocycles. The van der Waals surface area contributed by atoms with Gasteiger partial charge in [0.1, 0.15) is 5.76 Å². The number of nitrogens with zero attached hydrogens (tertiary/aromatic N) is 2. The van der Waals surface area contributed by atoms with Gasteiger partial charge in [0.2, 0.25) is 5.96 Å². The van der Waals surface area contributed by atoms with Crippen LogP contribution in [0.1, 0.15) is 12.7 Å². The van der Waals surface area contributed by atoms with E-state index in [1.54, 1.807) is 13.4 Å². The van der Waals surface area contributed by atoms with Crippen molar-refractivity contribution in [3.8, 4) is 0 Å². The lowest BCUT2D eigenvalue weighted by atomic mass is 10.4. The Morgan fingerprint density at radius 3 is 3.00 bits per heavy atom. The van der Waals surface area contributed by atoms with Crippen molar-refractivity contribution < 1.29 is 9.15 Å². The molecule has 0 fully saturated rings. The van der Waals surface area contributed by atoms with Gasteiger partial charge in [-0.1, -0.05) is 0 Å². The fourth-order valence-electron chi connectivity index (χ4n) is 1.44. The summed E-state index contributed by atoms with van der Waals surface area (Å²) in [5.41, 5.74) is 2.58. The molecule has 0 radical (unpaired) electrons. The van der Waals surface area contributed by atoms with Crippen molar-refractivity contribution in [3.63, 3.8) is 0 Å². The lowest BCUT2D eigenvalue weighted by Crippen LogP contribution is -2.43. The number of hydrogen-bond donors (Lipinski definition) is 2. The molecule has 6 heteroatoms. The third kappa shape index (κ3) is 4.46. The maximum absolute atomic E-state index is 5.45. The van der Waals surface area contributed by atoms with Gasteiger partial charge in [0.15, 0.2) is 0 Å². The van der Waals surface area contributed by atoms with Crippen molar-refractivity contribution in [2.24, 2.45) is 10.8 Å². The van der Waals surface area contributed by atoms with E-state index < -0.39 is 0 Å². The lowest BCUT2D eigenvalue weighted by Gasteiger charge is -2.20. The average molecular weight is 240 g/mol. The zero-order chi connectivity index (χ0) is 12.7. The summed E-state index contributed by atoms with van der Waals surface area (Å²) < 4.78 is 10.3. The molecule has 0 aliphatic carbocycles. The smallest absolute Gasteiger partial charge is 0.208 e. The van der Waals surface area contributed by atoms with Crippen LogP contribution in [-0.2, 0) is 11.3 Å². The number of guanidine groups is 1. The molecule has 3 N–H and O–H groups in total. The molecule has 0 aliphatic rings. The fraction of sp³-hybridized carbons (Fsp3) is 0.545. The minimum atomic E-state index is 0.0464. The van der Waals surface area contributed by atoms with E-state index in [2.05, 4.69) is 10.4 Å². The highest BCUT2D eigenvalue weighted by Gasteiger charge is 2.09. The van der Waals surface area contributed by atoms with Gasteiger partial charge in [-0.2, -0.15) is 0 Å². The van der Waals surface area contributed by atoms with Gasteiger partial charge < -0.3 is 14.1 Å². The van der Waals surface area contributed by atoms with Crippen molar-refractivity contribution in [3.05, 3.63) is 24.2 Å². The molecule has 0 bridgehead atoms. The van der Waals surface area contributed by atoms with Crippen LogP contribution in [0, 0.1) is 0 Å². The van der Waals surface area contributed by atoms with Gasteiger partial charge in [-0.15, -0.1) is 0 Å². The molecule has 96 valence electrons. The Labute approximate surface area is 101 Å². The van der Waals surface area contributed by atoms with Crippen molar-refractivity contribution in [2.75, 3.05) is 20.8 Å². The summed E-state index contributed by atoms with van der Waals surface area (Å²) >= 11 is 0. The number of aliphatic imine (C=N–C) groups is 1. The monoisotopic (exact) mass is 240 g/mol. The topological polar surface area (TPSA) is 76.0 Å². The van der Waals surface area contributed by atoms with E-state index in [1.807, 2.05) is 31.0 Å². The summed E-state index contributed by atoms with van der Waals surface area (Å²) in [4.78, 5) is 6.28. The standard InChI is InChI=1S/C11H20N4O2/c1-9(8-16-3)13-11(14-12)15(2)7-10-5-4-6-17-10/h4-6,9H,7-8,12H2,1-3H3,(H,13,14). The van der Waals surface area contributed by atoms with Crippen LogP contribution in [0.5, 0.6) is 0 Å². The summed E-state index contributed by atoms with van der Waals surface area (Å²) in [5, 5.41) is 0. The van der Waals surface area contributed by atoms with Crippen LogP contribution in [0.3, 0.4) is 0 Å². The predicted molar refractivity (Wildman–Crippen MR) is 66.3 cm³/mol. The Hall–Kier alpha value is -1.53.